The summed E-state index contributed by atoms with van der Waals surface area (Å²) in [4.78, 5) is 4.38. The predicted molar refractivity (Wildman–Crippen MR) is 115 cm³/mol. The lowest BCUT2D eigenvalue weighted by Crippen LogP contribution is -2.11. The van der Waals surface area contributed by atoms with E-state index < -0.39 is 0 Å². The van der Waals surface area contributed by atoms with Crippen molar-refractivity contribution in [2.24, 2.45) is 0 Å². The van der Waals surface area contributed by atoms with Crippen LogP contribution in [0.3, 0.4) is 0 Å². The molecule has 1 fully saturated rings. The van der Waals surface area contributed by atoms with Gasteiger partial charge in [0.15, 0.2) is 16.8 Å². The zero-order chi connectivity index (χ0) is 20.6. The lowest BCUT2D eigenvalue weighted by molar-refractivity contribution is 0.376. The van der Waals surface area contributed by atoms with E-state index in [0.29, 0.717) is 17.8 Å². The van der Waals surface area contributed by atoms with Crippen LogP contribution in [0.5, 0.6) is 0 Å². The van der Waals surface area contributed by atoms with Gasteiger partial charge in [0.1, 0.15) is 0 Å². The van der Waals surface area contributed by atoms with Crippen LogP contribution >= 0.6 is 11.8 Å². The summed E-state index contributed by atoms with van der Waals surface area (Å²) in [7, 11) is 0. The third-order valence-electron chi connectivity index (χ3n) is 5.54. The Kier molecular flexibility index (Phi) is 5.51. The quantitative estimate of drug-likeness (QED) is 0.487. The Bertz CT molecular complexity index is 964. The molecule has 4 rings (SSSR count). The third-order valence-corrected chi connectivity index (χ3v) is 6.58. The predicted octanol–water partition coefficient (Wildman–Crippen LogP) is 5.90. The molecule has 2 heterocycles. The standard InChI is InChI=1S/C22H29N5OS/c1-14(20-23-15(2)26-28-20)29-21-25-24-19(27(21)18-8-6-7-9-18)16-10-12-17(13-11-16)22(3,4)5/h10-14,18H,6-9H2,1-5H3/t14-/m1/s1. The van der Waals surface area contributed by atoms with Crippen molar-refractivity contribution >= 4 is 11.8 Å². The molecule has 154 valence electrons. The maximum absolute atomic E-state index is 5.36. The van der Waals surface area contributed by atoms with Gasteiger partial charge < -0.3 is 4.52 Å². The molecule has 2 aromatic heterocycles. The van der Waals surface area contributed by atoms with Gasteiger partial charge in [-0.2, -0.15) is 4.98 Å². The van der Waals surface area contributed by atoms with Crippen molar-refractivity contribution < 1.29 is 4.52 Å². The topological polar surface area (TPSA) is 69.6 Å². The number of aromatic nitrogens is 5. The minimum Gasteiger partial charge on any atom is -0.338 e. The lowest BCUT2D eigenvalue weighted by atomic mass is 9.86. The second-order valence-corrected chi connectivity index (χ2v) is 10.2. The van der Waals surface area contributed by atoms with Gasteiger partial charge in [0, 0.05) is 11.6 Å². The van der Waals surface area contributed by atoms with E-state index in [1.807, 2.05) is 6.92 Å². The zero-order valence-electron chi connectivity index (χ0n) is 17.8. The van der Waals surface area contributed by atoms with Crippen LogP contribution in [0, 0.1) is 6.92 Å². The summed E-state index contributed by atoms with van der Waals surface area (Å²) in [5.41, 5.74) is 2.57. The number of thioether (sulfide) groups is 1. The number of hydrogen-bond donors (Lipinski definition) is 0. The average molecular weight is 412 g/mol. The molecular formula is C22H29N5OS. The molecule has 0 radical (unpaired) electrons. The van der Waals surface area contributed by atoms with Gasteiger partial charge in [0.2, 0.25) is 5.89 Å². The molecule has 6 nitrogen and oxygen atoms in total. The largest absolute Gasteiger partial charge is 0.338 e. The molecule has 1 aliphatic carbocycles. The summed E-state index contributed by atoms with van der Waals surface area (Å²) < 4.78 is 7.70. The molecule has 1 saturated carbocycles. The fourth-order valence-corrected chi connectivity index (χ4v) is 4.80. The van der Waals surface area contributed by atoms with Crippen LogP contribution in [-0.2, 0) is 5.41 Å². The minimum absolute atomic E-state index is 0.0247. The number of nitrogens with zero attached hydrogens (tertiary/aromatic N) is 5. The Morgan fingerprint density at radius 2 is 1.79 bits per heavy atom. The lowest BCUT2D eigenvalue weighted by Gasteiger charge is -2.20. The third kappa shape index (κ3) is 4.25. The summed E-state index contributed by atoms with van der Waals surface area (Å²) in [6.07, 6.45) is 4.86. The van der Waals surface area contributed by atoms with Gasteiger partial charge in [-0.25, -0.2) is 0 Å². The maximum Gasteiger partial charge on any atom is 0.239 e. The van der Waals surface area contributed by atoms with Gasteiger partial charge in [0.05, 0.1) is 5.25 Å². The van der Waals surface area contributed by atoms with Crippen LogP contribution in [0.25, 0.3) is 11.4 Å². The van der Waals surface area contributed by atoms with E-state index in [1.165, 1.54) is 31.2 Å². The highest BCUT2D eigenvalue weighted by molar-refractivity contribution is 7.99. The Morgan fingerprint density at radius 3 is 2.38 bits per heavy atom. The number of rotatable bonds is 5. The van der Waals surface area contributed by atoms with Gasteiger partial charge in [-0.3, -0.25) is 4.57 Å². The van der Waals surface area contributed by atoms with E-state index in [1.54, 1.807) is 11.8 Å². The Morgan fingerprint density at radius 1 is 1.10 bits per heavy atom. The Balaban J connectivity index is 1.67. The van der Waals surface area contributed by atoms with E-state index in [0.717, 1.165) is 16.5 Å². The van der Waals surface area contributed by atoms with Crippen molar-refractivity contribution in [1.82, 2.24) is 24.9 Å². The fraction of sp³-hybridized carbons (Fsp3) is 0.545. The van der Waals surface area contributed by atoms with Crippen molar-refractivity contribution in [3.05, 3.63) is 41.5 Å². The van der Waals surface area contributed by atoms with E-state index in [4.69, 9.17) is 4.52 Å². The van der Waals surface area contributed by atoms with Crippen LogP contribution in [0.4, 0.5) is 0 Å². The summed E-state index contributed by atoms with van der Waals surface area (Å²) >= 11 is 1.64. The van der Waals surface area contributed by atoms with Crippen molar-refractivity contribution in [2.45, 2.75) is 82.2 Å². The van der Waals surface area contributed by atoms with Crippen LogP contribution in [0.1, 0.15) is 81.9 Å². The highest BCUT2D eigenvalue weighted by Crippen LogP contribution is 2.40. The second kappa shape index (κ2) is 7.94. The van der Waals surface area contributed by atoms with Crippen molar-refractivity contribution in [3.63, 3.8) is 0 Å². The first-order valence-corrected chi connectivity index (χ1v) is 11.2. The van der Waals surface area contributed by atoms with Crippen LogP contribution in [0.2, 0.25) is 0 Å². The highest BCUT2D eigenvalue weighted by atomic mass is 32.2. The maximum atomic E-state index is 5.36. The first-order chi connectivity index (χ1) is 13.8. The smallest absolute Gasteiger partial charge is 0.239 e. The summed E-state index contributed by atoms with van der Waals surface area (Å²) in [5.74, 6) is 2.24. The fourth-order valence-electron chi connectivity index (χ4n) is 3.85. The minimum atomic E-state index is 0.0247. The number of aryl methyl sites for hydroxylation is 1. The van der Waals surface area contributed by atoms with E-state index >= 15 is 0 Å². The van der Waals surface area contributed by atoms with E-state index in [-0.39, 0.29) is 10.7 Å². The Labute approximate surface area is 176 Å². The molecule has 0 saturated heterocycles. The first-order valence-electron chi connectivity index (χ1n) is 10.4. The van der Waals surface area contributed by atoms with Crippen molar-refractivity contribution in [3.8, 4) is 11.4 Å². The Hall–Kier alpha value is -2.15. The molecule has 1 aromatic carbocycles. The van der Waals surface area contributed by atoms with Gasteiger partial charge in [-0.05, 0) is 37.7 Å². The number of benzene rings is 1. The zero-order valence-corrected chi connectivity index (χ0v) is 18.7. The molecule has 7 heteroatoms. The highest BCUT2D eigenvalue weighted by Gasteiger charge is 2.27. The summed E-state index contributed by atoms with van der Waals surface area (Å²) in [5, 5.41) is 14.0. The normalized spacial score (nSPS) is 16.4. The molecular weight excluding hydrogens is 382 g/mol. The van der Waals surface area contributed by atoms with Gasteiger partial charge in [-0.15, -0.1) is 10.2 Å². The van der Waals surface area contributed by atoms with Crippen LogP contribution in [-0.4, -0.2) is 24.9 Å². The van der Waals surface area contributed by atoms with Gasteiger partial charge >= 0.3 is 0 Å². The molecule has 1 aliphatic rings. The molecule has 29 heavy (non-hydrogen) atoms. The SMILES string of the molecule is Cc1noc([C@@H](C)Sc2nnc(-c3ccc(C(C)(C)C)cc3)n2C2CCCC2)n1. The molecule has 0 spiro atoms. The van der Waals surface area contributed by atoms with Crippen molar-refractivity contribution in [2.75, 3.05) is 0 Å². The summed E-state index contributed by atoms with van der Waals surface area (Å²) in [6.45, 7) is 10.6. The molecule has 1 atom stereocenters. The van der Waals surface area contributed by atoms with Gasteiger partial charge in [-0.1, -0.05) is 74.8 Å². The van der Waals surface area contributed by atoms with E-state index in [2.05, 4.69) is 76.9 Å². The molecule has 0 N–H and O–H groups in total. The van der Waals surface area contributed by atoms with Crippen molar-refractivity contribution in [1.29, 1.82) is 0 Å². The second-order valence-electron chi connectivity index (χ2n) is 8.88. The molecule has 0 unspecified atom stereocenters. The average Bonchev–Trinajstić information content (AvgIpc) is 3.41. The van der Waals surface area contributed by atoms with Crippen LogP contribution < -0.4 is 0 Å². The van der Waals surface area contributed by atoms with Crippen LogP contribution in [0.15, 0.2) is 33.9 Å². The molecule has 0 bridgehead atoms. The number of hydrogen-bond acceptors (Lipinski definition) is 6. The molecule has 0 amide bonds. The molecule has 3 aromatic rings. The first kappa shape index (κ1) is 20.1. The van der Waals surface area contributed by atoms with Gasteiger partial charge in [0.25, 0.3) is 0 Å². The summed E-state index contributed by atoms with van der Waals surface area (Å²) in [6, 6.07) is 9.21. The van der Waals surface area contributed by atoms with E-state index in [9.17, 15) is 0 Å². The molecule has 0 aliphatic heterocycles. The monoisotopic (exact) mass is 411 g/mol.